The van der Waals surface area contributed by atoms with Gasteiger partial charge in [0.1, 0.15) is 11.9 Å². The first-order valence-corrected chi connectivity index (χ1v) is 15.0. The summed E-state index contributed by atoms with van der Waals surface area (Å²) in [5.74, 6) is 2.31. The molecule has 0 heterocycles. The van der Waals surface area contributed by atoms with Crippen LogP contribution in [0.2, 0.25) is 0 Å². The summed E-state index contributed by atoms with van der Waals surface area (Å²) < 4.78 is 45.8. The minimum atomic E-state index is -4.44. The van der Waals surface area contributed by atoms with Crippen LogP contribution in [-0.4, -0.2) is 24.0 Å². The van der Waals surface area contributed by atoms with Crippen LogP contribution in [0, 0.1) is 17.8 Å². The third kappa shape index (κ3) is 6.98. The van der Waals surface area contributed by atoms with Gasteiger partial charge in [0.05, 0.1) is 5.56 Å². The summed E-state index contributed by atoms with van der Waals surface area (Å²) in [5, 5.41) is 9.08. The third-order valence-electron chi connectivity index (χ3n) is 9.15. The maximum absolute atomic E-state index is 13.2. The normalized spacial score (nSPS) is 24.7. The molecule has 0 aromatic heterocycles. The number of nitrogens with one attached hydrogen (secondary N) is 3. The molecule has 0 aliphatic heterocycles. The first-order chi connectivity index (χ1) is 20.6. The molecule has 0 saturated heterocycles. The Labute approximate surface area is 249 Å². The first kappa shape index (κ1) is 29.1. The average molecular weight is 592 g/mol. The van der Waals surface area contributed by atoms with Crippen molar-refractivity contribution in [1.82, 2.24) is 10.6 Å². The lowest BCUT2D eigenvalue weighted by Crippen LogP contribution is -2.61. The highest BCUT2D eigenvalue weighted by Crippen LogP contribution is 2.55. The fraction of sp³-hybridized carbons (Fsp3) is 0.412. The summed E-state index contributed by atoms with van der Waals surface area (Å²) >= 11 is 0. The van der Waals surface area contributed by atoms with E-state index in [1.807, 2.05) is 18.2 Å². The van der Waals surface area contributed by atoms with Gasteiger partial charge in [-0.15, -0.1) is 0 Å². The van der Waals surface area contributed by atoms with Crippen molar-refractivity contribution in [2.45, 2.75) is 62.8 Å². The van der Waals surface area contributed by atoms with Gasteiger partial charge in [-0.3, -0.25) is 4.79 Å². The Kier molecular flexibility index (Phi) is 8.07. The topological polar surface area (TPSA) is 79.5 Å². The molecule has 3 N–H and O–H groups in total. The molecule has 4 fully saturated rings. The highest BCUT2D eigenvalue weighted by atomic mass is 19.4. The molecular weight excluding hydrogens is 555 g/mol. The summed E-state index contributed by atoms with van der Waals surface area (Å²) in [6, 6.07) is 20.4. The van der Waals surface area contributed by atoms with Crippen molar-refractivity contribution < 1.29 is 27.5 Å². The number of carbonyl (C=O) groups is 2. The maximum atomic E-state index is 13.2. The lowest BCUT2D eigenvalue weighted by Gasteiger charge is -2.56. The summed E-state index contributed by atoms with van der Waals surface area (Å²) in [5.41, 5.74) is 0.816. The third-order valence-corrected chi connectivity index (χ3v) is 9.15. The number of halogens is 3. The Morgan fingerprint density at radius 1 is 0.837 bits per heavy atom. The predicted octanol–water partition coefficient (Wildman–Crippen LogP) is 7.74. The molecule has 9 heteroatoms. The van der Waals surface area contributed by atoms with Gasteiger partial charge in [0.2, 0.25) is 0 Å². The Morgan fingerprint density at radius 3 is 2.02 bits per heavy atom. The molecule has 4 bridgehead atoms. The van der Waals surface area contributed by atoms with Crippen LogP contribution in [0.3, 0.4) is 0 Å². The van der Waals surface area contributed by atoms with Crippen LogP contribution in [0.5, 0.6) is 5.75 Å². The van der Waals surface area contributed by atoms with E-state index in [0.29, 0.717) is 46.7 Å². The molecule has 4 aliphatic carbocycles. The van der Waals surface area contributed by atoms with Crippen molar-refractivity contribution in [3.05, 3.63) is 95.6 Å². The molecule has 4 aliphatic rings. The first-order valence-electron chi connectivity index (χ1n) is 15.0. The second-order valence-electron chi connectivity index (χ2n) is 12.4. The van der Waals surface area contributed by atoms with Gasteiger partial charge in [-0.2, -0.15) is 13.2 Å². The van der Waals surface area contributed by atoms with Crippen molar-refractivity contribution in [1.29, 1.82) is 0 Å². The van der Waals surface area contributed by atoms with Crippen LogP contribution in [-0.2, 0) is 6.18 Å². The van der Waals surface area contributed by atoms with Crippen LogP contribution in [0.15, 0.2) is 78.9 Å². The number of hydrogen-bond donors (Lipinski definition) is 3. The van der Waals surface area contributed by atoms with E-state index < -0.39 is 17.8 Å². The van der Waals surface area contributed by atoms with Crippen molar-refractivity contribution in [3.8, 4) is 5.75 Å². The average Bonchev–Trinajstić information content (AvgIpc) is 2.96. The number of anilines is 1. The van der Waals surface area contributed by atoms with Crippen LogP contribution < -0.4 is 20.7 Å². The van der Waals surface area contributed by atoms with Gasteiger partial charge in [-0.05, 0) is 110 Å². The number of amides is 3. The van der Waals surface area contributed by atoms with E-state index in [-0.39, 0.29) is 24.0 Å². The van der Waals surface area contributed by atoms with Crippen LogP contribution >= 0.6 is 0 Å². The van der Waals surface area contributed by atoms with E-state index in [4.69, 9.17) is 4.74 Å². The van der Waals surface area contributed by atoms with Gasteiger partial charge in [0.15, 0.2) is 0 Å². The summed E-state index contributed by atoms with van der Waals surface area (Å²) in [4.78, 5) is 25.6. The Morgan fingerprint density at radius 2 is 1.44 bits per heavy atom. The van der Waals surface area contributed by atoms with E-state index in [1.165, 1.54) is 31.4 Å². The number of benzene rings is 3. The number of hydrogen-bond acceptors (Lipinski definition) is 3. The number of alkyl halides is 3. The fourth-order valence-corrected chi connectivity index (χ4v) is 7.62. The fourth-order valence-electron chi connectivity index (χ4n) is 7.62. The molecule has 3 aromatic rings. The molecule has 1 unspecified atom stereocenters. The lowest BCUT2D eigenvalue weighted by atomic mass is 9.53. The largest absolute Gasteiger partial charge is 0.486 e. The van der Waals surface area contributed by atoms with E-state index >= 15 is 0 Å². The van der Waals surface area contributed by atoms with Crippen LogP contribution in [0.1, 0.15) is 72.5 Å². The van der Waals surface area contributed by atoms with Crippen LogP contribution in [0.25, 0.3) is 0 Å². The van der Waals surface area contributed by atoms with Crippen LogP contribution in [0.4, 0.5) is 23.7 Å². The van der Waals surface area contributed by atoms with Gasteiger partial charge in [-0.25, -0.2) is 4.79 Å². The number of carbonyl (C=O) groups excluding carboxylic acids is 2. The van der Waals surface area contributed by atoms with E-state index in [2.05, 4.69) is 16.0 Å². The molecule has 1 atom stereocenters. The second kappa shape index (κ2) is 11.9. The monoisotopic (exact) mass is 591 g/mol. The van der Waals surface area contributed by atoms with Gasteiger partial charge < -0.3 is 20.7 Å². The van der Waals surface area contributed by atoms with Crippen molar-refractivity contribution >= 4 is 17.6 Å². The van der Waals surface area contributed by atoms with E-state index in [9.17, 15) is 22.8 Å². The smallest absolute Gasteiger partial charge is 0.416 e. The van der Waals surface area contributed by atoms with Crippen molar-refractivity contribution in [3.63, 3.8) is 0 Å². The summed E-state index contributed by atoms with van der Waals surface area (Å²) in [6.45, 7) is 0.279. The maximum Gasteiger partial charge on any atom is 0.416 e. The molecule has 3 amide bonds. The number of ether oxygens (including phenoxy) is 1. The standard InChI is InChI=1S/C34H36F3N3O3/c35-34(36,37)27-10-6-25(7-11-27)30(43-29-12-8-26(9-13-29)31(41)39-28-4-2-1-3-5-28)14-15-38-32(42)40-33-19-22-16-23(20-33)18-24(17-22)21-33/h1-13,22-24,30H,14-21H2,(H,39,41)(H2,38,40,42). The summed E-state index contributed by atoms with van der Waals surface area (Å²) in [6.07, 6.45) is 2.27. The zero-order valence-electron chi connectivity index (χ0n) is 23.8. The highest BCUT2D eigenvalue weighted by molar-refractivity contribution is 6.04. The number of para-hydroxylation sites is 1. The molecule has 3 aromatic carbocycles. The molecule has 7 rings (SSSR count). The van der Waals surface area contributed by atoms with Crippen molar-refractivity contribution in [2.75, 3.05) is 11.9 Å². The molecular formula is C34H36F3N3O3. The van der Waals surface area contributed by atoms with Gasteiger partial charge in [-0.1, -0.05) is 30.3 Å². The molecule has 6 nitrogen and oxygen atoms in total. The van der Waals surface area contributed by atoms with E-state index in [1.54, 1.807) is 36.4 Å². The highest BCUT2D eigenvalue weighted by Gasteiger charge is 2.51. The van der Waals surface area contributed by atoms with Gasteiger partial charge in [0, 0.05) is 29.8 Å². The lowest BCUT2D eigenvalue weighted by molar-refractivity contribution is -0.137. The minimum absolute atomic E-state index is 0.114. The van der Waals surface area contributed by atoms with Gasteiger partial charge in [0.25, 0.3) is 5.91 Å². The predicted molar refractivity (Wildman–Crippen MR) is 158 cm³/mol. The van der Waals surface area contributed by atoms with Gasteiger partial charge >= 0.3 is 12.2 Å². The number of urea groups is 1. The Balaban J connectivity index is 1.10. The second-order valence-corrected chi connectivity index (χ2v) is 12.4. The molecule has 4 saturated carbocycles. The molecule has 0 spiro atoms. The minimum Gasteiger partial charge on any atom is -0.486 e. The Bertz CT molecular complexity index is 1390. The molecule has 0 radical (unpaired) electrons. The Hall–Kier alpha value is -4.01. The van der Waals surface area contributed by atoms with E-state index in [0.717, 1.165) is 31.4 Å². The SMILES string of the molecule is O=C(NCCC(Oc1ccc(C(=O)Nc2ccccc2)cc1)c1ccc(C(F)(F)F)cc1)NC12CC3CC(CC(C3)C1)C2. The molecule has 43 heavy (non-hydrogen) atoms. The summed E-state index contributed by atoms with van der Waals surface area (Å²) in [7, 11) is 0. The molecule has 226 valence electrons. The van der Waals surface area contributed by atoms with Crippen molar-refractivity contribution in [2.24, 2.45) is 17.8 Å². The zero-order valence-corrected chi connectivity index (χ0v) is 23.8. The quantitative estimate of drug-likeness (QED) is 0.238. The number of rotatable bonds is 9. The zero-order chi connectivity index (χ0) is 30.0.